The topological polar surface area (TPSA) is 41.6 Å². The molecule has 2 aromatic rings. The number of halogens is 1. The zero-order valence-electron chi connectivity index (χ0n) is 9.37. The summed E-state index contributed by atoms with van der Waals surface area (Å²) in [5.74, 6) is 0.454. The minimum absolute atomic E-state index is 0.454. The van der Waals surface area contributed by atoms with Crippen LogP contribution >= 0.6 is 15.9 Å². The molecule has 0 fully saturated rings. The molecular weight excluding hydrogens is 266 g/mol. The van der Waals surface area contributed by atoms with Gasteiger partial charge in [-0.05, 0) is 18.1 Å². The molecule has 84 valence electrons. The Bertz CT molecular complexity index is 462. The highest BCUT2D eigenvalue weighted by atomic mass is 79.9. The van der Waals surface area contributed by atoms with E-state index in [0.717, 1.165) is 16.6 Å². The zero-order valence-corrected chi connectivity index (χ0v) is 11.0. The van der Waals surface area contributed by atoms with Crippen molar-refractivity contribution in [1.29, 1.82) is 0 Å². The van der Waals surface area contributed by atoms with E-state index >= 15 is 0 Å². The molecule has 2 rings (SSSR count). The summed E-state index contributed by atoms with van der Waals surface area (Å²) in [6.07, 6.45) is 3.58. The number of H-pyrrole nitrogens is 1. The van der Waals surface area contributed by atoms with Crippen LogP contribution in [0.15, 0.2) is 24.5 Å². The highest BCUT2D eigenvalue weighted by Gasteiger charge is 2.15. The van der Waals surface area contributed by atoms with Gasteiger partial charge in [0.1, 0.15) is 0 Å². The quantitative estimate of drug-likeness (QED) is 0.874. The molecular formula is C12H14BrN3. The summed E-state index contributed by atoms with van der Waals surface area (Å²) in [5, 5.41) is 8.33. The van der Waals surface area contributed by atoms with Gasteiger partial charge >= 0.3 is 0 Å². The van der Waals surface area contributed by atoms with Crippen molar-refractivity contribution in [3.63, 3.8) is 0 Å². The number of hydrogen-bond donors (Lipinski definition) is 1. The fourth-order valence-corrected chi connectivity index (χ4v) is 2.31. The molecule has 0 amide bonds. The van der Waals surface area contributed by atoms with Crippen molar-refractivity contribution < 1.29 is 0 Å². The van der Waals surface area contributed by atoms with Crippen molar-refractivity contribution in [3.05, 3.63) is 35.8 Å². The maximum Gasteiger partial charge on any atom is 0.0965 e. The second-order valence-electron chi connectivity index (χ2n) is 3.99. The molecule has 16 heavy (non-hydrogen) atoms. The predicted molar refractivity (Wildman–Crippen MR) is 68.5 cm³/mol. The molecule has 0 atom stereocenters. The second-order valence-corrected chi connectivity index (χ2v) is 4.55. The molecule has 2 aromatic heterocycles. The summed E-state index contributed by atoms with van der Waals surface area (Å²) in [6, 6.07) is 3.96. The zero-order chi connectivity index (χ0) is 11.5. The molecule has 0 aliphatic carbocycles. The van der Waals surface area contributed by atoms with Gasteiger partial charge in [-0.25, -0.2) is 0 Å². The first-order valence-corrected chi connectivity index (χ1v) is 6.39. The first-order chi connectivity index (χ1) is 7.74. The van der Waals surface area contributed by atoms with Crippen LogP contribution in [0.25, 0.3) is 11.3 Å². The molecule has 2 heterocycles. The molecule has 0 radical (unpaired) electrons. The van der Waals surface area contributed by atoms with E-state index in [-0.39, 0.29) is 0 Å². The molecule has 0 bridgehead atoms. The van der Waals surface area contributed by atoms with Crippen LogP contribution in [-0.4, -0.2) is 15.2 Å². The summed E-state index contributed by atoms with van der Waals surface area (Å²) in [7, 11) is 0. The van der Waals surface area contributed by atoms with Crippen LogP contribution in [0.3, 0.4) is 0 Å². The Labute approximate surface area is 103 Å². The van der Waals surface area contributed by atoms with Crippen LogP contribution in [0.2, 0.25) is 0 Å². The molecule has 1 N–H and O–H groups in total. The second kappa shape index (κ2) is 4.78. The largest absolute Gasteiger partial charge is 0.281 e. The summed E-state index contributed by atoms with van der Waals surface area (Å²) in [4.78, 5) is 4.02. The molecule has 0 aromatic carbocycles. The Morgan fingerprint density at radius 1 is 1.31 bits per heavy atom. The van der Waals surface area contributed by atoms with Crippen LogP contribution in [0.5, 0.6) is 0 Å². The number of aromatic amines is 1. The van der Waals surface area contributed by atoms with Crippen molar-refractivity contribution in [2.45, 2.75) is 25.1 Å². The Hall–Kier alpha value is -1.16. The molecule has 0 spiro atoms. The van der Waals surface area contributed by atoms with E-state index in [0.29, 0.717) is 5.92 Å². The van der Waals surface area contributed by atoms with E-state index in [4.69, 9.17) is 0 Å². The fourth-order valence-electron chi connectivity index (χ4n) is 1.74. The van der Waals surface area contributed by atoms with Gasteiger partial charge in [-0.15, -0.1) is 0 Å². The monoisotopic (exact) mass is 279 g/mol. The van der Waals surface area contributed by atoms with Gasteiger partial charge in [-0.2, -0.15) is 5.10 Å². The van der Waals surface area contributed by atoms with E-state index in [1.165, 1.54) is 11.3 Å². The van der Waals surface area contributed by atoms with Crippen molar-refractivity contribution in [3.8, 4) is 11.3 Å². The molecule has 3 nitrogen and oxygen atoms in total. The average molecular weight is 280 g/mol. The van der Waals surface area contributed by atoms with Crippen LogP contribution in [0.4, 0.5) is 0 Å². The van der Waals surface area contributed by atoms with Crippen molar-refractivity contribution in [2.75, 3.05) is 0 Å². The Kier molecular flexibility index (Phi) is 3.39. The number of hydrogen-bond acceptors (Lipinski definition) is 2. The van der Waals surface area contributed by atoms with Gasteiger partial charge in [-0.1, -0.05) is 29.8 Å². The molecule has 0 saturated heterocycles. The first kappa shape index (κ1) is 11.3. The lowest BCUT2D eigenvalue weighted by Crippen LogP contribution is -1.92. The normalized spacial score (nSPS) is 11.0. The number of pyridine rings is 1. The summed E-state index contributed by atoms with van der Waals surface area (Å²) >= 11 is 3.53. The third kappa shape index (κ3) is 2.02. The highest BCUT2D eigenvalue weighted by molar-refractivity contribution is 9.08. The molecule has 4 heteroatoms. The Balaban J connectivity index is 2.50. The third-order valence-electron chi connectivity index (χ3n) is 2.56. The standard InChI is InChI=1S/C12H14BrN3/c1-8(2)11-10(7-13)12(16-15-11)9-3-5-14-6-4-9/h3-6,8H,7H2,1-2H3,(H,15,16). The van der Waals surface area contributed by atoms with E-state index < -0.39 is 0 Å². The molecule has 0 aliphatic heterocycles. The number of alkyl halides is 1. The molecule has 0 unspecified atom stereocenters. The van der Waals surface area contributed by atoms with Gasteiger partial charge in [0, 0.05) is 34.5 Å². The van der Waals surface area contributed by atoms with Gasteiger partial charge in [0.25, 0.3) is 0 Å². The third-order valence-corrected chi connectivity index (χ3v) is 3.12. The van der Waals surface area contributed by atoms with Gasteiger partial charge in [-0.3, -0.25) is 10.1 Å². The summed E-state index contributed by atoms with van der Waals surface area (Å²) in [6.45, 7) is 4.33. The van der Waals surface area contributed by atoms with E-state index in [1.807, 2.05) is 12.1 Å². The SMILES string of the molecule is CC(C)c1[nH]nc(-c2ccncc2)c1CBr. The van der Waals surface area contributed by atoms with Gasteiger partial charge in [0.15, 0.2) is 0 Å². The lowest BCUT2D eigenvalue weighted by Gasteiger charge is -2.05. The predicted octanol–water partition coefficient (Wildman–Crippen LogP) is 3.49. The minimum Gasteiger partial charge on any atom is -0.281 e. The summed E-state index contributed by atoms with van der Waals surface area (Å²) < 4.78 is 0. The molecule has 0 aliphatic rings. The van der Waals surface area contributed by atoms with E-state index in [9.17, 15) is 0 Å². The Morgan fingerprint density at radius 3 is 2.56 bits per heavy atom. The minimum atomic E-state index is 0.454. The average Bonchev–Trinajstić information content (AvgIpc) is 2.73. The van der Waals surface area contributed by atoms with Gasteiger partial charge < -0.3 is 0 Å². The van der Waals surface area contributed by atoms with Crippen molar-refractivity contribution in [1.82, 2.24) is 15.2 Å². The number of aromatic nitrogens is 3. The van der Waals surface area contributed by atoms with Gasteiger partial charge in [0.05, 0.1) is 5.69 Å². The van der Waals surface area contributed by atoms with Gasteiger partial charge in [0.2, 0.25) is 0 Å². The number of nitrogens with zero attached hydrogens (tertiary/aromatic N) is 2. The fraction of sp³-hybridized carbons (Fsp3) is 0.333. The van der Waals surface area contributed by atoms with E-state index in [1.54, 1.807) is 12.4 Å². The van der Waals surface area contributed by atoms with E-state index in [2.05, 4.69) is 45.0 Å². The number of rotatable bonds is 3. The maximum atomic E-state index is 4.40. The maximum absolute atomic E-state index is 4.40. The lowest BCUT2D eigenvalue weighted by atomic mass is 10.0. The highest BCUT2D eigenvalue weighted by Crippen LogP contribution is 2.28. The van der Waals surface area contributed by atoms with Crippen molar-refractivity contribution in [2.24, 2.45) is 0 Å². The number of nitrogens with one attached hydrogen (secondary N) is 1. The lowest BCUT2D eigenvalue weighted by molar-refractivity contribution is 0.803. The molecule has 0 saturated carbocycles. The van der Waals surface area contributed by atoms with Crippen LogP contribution in [0, 0.1) is 0 Å². The van der Waals surface area contributed by atoms with Crippen LogP contribution in [0.1, 0.15) is 31.0 Å². The van der Waals surface area contributed by atoms with Crippen LogP contribution in [-0.2, 0) is 5.33 Å². The van der Waals surface area contributed by atoms with Crippen LogP contribution < -0.4 is 0 Å². The Morgan fingerprint density at radius 2 is 2.00 bits per heavy atom. The smallest absolute Gasteiger partial charge is 0.0965 e. The van der Waals surface area contributed by atoms with Crippen molar-refractivity contribution >= 4 is 15.9 Å². The first-order valence-electron chi connectivity index (χ1n) is 5.27. The summed E-state index contributed by atoms with van der Waals surface area (Å²) in [5.41, 5.74) is 4.56.